The van der Waals surface area contributed by atoms with Crippen molar-refractivity contribution in [1.29, 1.82) is 0 Å². The molecule has 1 N–H and O–H groups in total. The second-order valence-corrected chi connectivity index (χ2v) is 12.0. The first-order valence-corrected chi connectivity index (χ1v) is 13.6. The van der Waals surface area contributed by atoms with E-state index in [0.29, 0.717) is 28.9 Å². The molecular weight excluding hydrogens is 514 g/mol. The summed E-state index contributed by atoms with van der Waals surface area (Å²) in [6.45, 7) is 5.40. The van der Waals surface area contributed by atoms with Crippen LogP contribution in [-0.4, -0.2) is 49.5 Å². The fraction of sp³-hybridized carbons (Fsp3) is 0.286. The minimum absolute atomic E-state index is 0.0225. The van der Waals surface area contributed by atoms with E-state index in [1.807, 2.05) is 0 Å². The van der Waals surface area contributed by atoms with Crippen molar-refractivity contribution >= 4 is 33.8 Å². The van der Waals surface area contributed by atoms with Gasteiger partial charge < -0.3 is 14.7 Å². The summed E-state index contributed by atoms with van der Waals surface area (Å²) >= 11 is 6.05. The van der Waals surface area contributed by atoms with E-state index in [1.54, 1.807) is 63.2 Å². The van der Waals surface area contributed by atoms with Gasteiger partial charge in [0.15, 0.2) is 0 Å². The maximum Gasteiger partial charge on any atom is 0.410 e. The van der Waals surface area contributed by atoms with Crippen molar-refractivity contribution in [2.24, 2.45) is 0 Å². The molecule has 0 bridgehead atoms. The highest BCUT2D eigenvalue weighted by atomic mass is 35.5. The first-order chi connectivity index (χ1) is 17.4. The van der Waals surface area contributed by atoms with Crippen LogP contribution in [0.4, 0.5) is 4.79 Å². The molecule has 1 atom stereocenters. The lowest BCUT2D eigenvalue weighted by molar-refractivity contribution is 0.0147. The highest BCUT2D eigenvalue weighted by Crippen LogP contribution is 2.24. The van der Waals surface area contributed by atoms with Gasteiger partial charge in [-0.2, -0.15) is 0 Å². The van der Waals surface area contributed by atoms with Gasteiger partial charge in [0.1, 0.15) is 11.9 Å². The lowest BCUT2D eigenvalue weighted by Gasteiger charge is -2.29. The first-order valence-electron chi connectivity index (χ1n) is 11.7. The molecule has 0 aliphatic rings. The molecule has 0 fully saturated rings. The molecule has 7 nitrogen and oxygen atoms in total. The number of aliphatic hydroxyl groups excluding tert-OH is 1. The Hall–Kier alpha value is -3.20. The third kappa shape index (κ3) is 7.89. The summed E-state index contributed by atoms with van der Waals surface area (Å²) in [7, 11) is -3.85. The molecule has 0 radical (unpaired) electrons. The van der Waals surface area contributed by atoms with Crippen LogP contribution in [0.1, 0.15) is 48.4 Å². The Bertz CT molecular complexity index is 1370. The van der Waals surface area contributed by atoms with Gasteiger partial charge in [-0.25, -0.2) is 13.2 Å². The molecule has 3 aromatic rings. The number of amides is 1. The molecule has 0 heterocycles. The summed E-state index contributed by atoms with van der Waals surface area (Å²) in [4.78, 5) is 25.5. The monoisotopic (exact) mass is 543 g/mol. The summed E-state index contributed by atoms with van der Waals surface area (Å²) < 4.78 is 31.8. The maximum atomic E-state index is 13.1. The smallest absolute Gasteiger partial charge is 0.410 e. The number of sulfone groups is 1. The topological polar surface area (TPSA) is 101 Å². The SMILES string of the molecule is CC(C)(C)OC(=O)N(CCc1cccc(S(=O)(=O)c2cccc(C=O)c2)c1)C[C@@H](O)c1cccc(Cl)c1. The molecule has 37 heavy (non-hydrogen) atoms. The fourth-order valence-corrected chi connectivity index (χ4v) is 5.22. The Morgan fingerprint density at radius 3 is 2.32 bits per heavy atom. The molecular formula is C28H30ClNO6S. The Labute approximate surface area is 222 Å². The van der Waals surface area contributed by atoms with E-state index in [1.165, 1.54) is 35.2 Å². The fourth-order valence-electron chi connectivity index (χ4n) is 3.63. The van der Waals surface area contributed by atoms with E-state index < -0.39 is 27.6 Å². The molecule has 0 aliphatic carbocycles. The lowest BCUT2D eigenvalue weighted by atomic mass is 10.1. The minimum Gasteiger partial charge on any atom is -0.444 e. The lowest BCUT2D eigenvalue weighted by Crippen LogP contribution is -2.40. The van der Waals surface area contributed by atoms with Gasteiger partial charge in [0.2, 0.25) is 9.84 Å². The van der Waals surface area contributed by atoms with E-state index in [4.69, 9.17) is 16.3 Å². The van der Waals surface area contributed by atoms with Crippen molar-refractivity contribution in [2.45, 2.75) is 48.7 Å². The van der Waals surface area contributed by atoms with Crippen molar-refractivity contribution in [2.75, 3.05) is 13.1 Å². The van der Waals surface area contributed by atoms with Crippen LogP contribution in [-0.2, 0) is 21.0 Å². The standard InChI is InChI=1S/C28H30ClNO6S/c1-28(2,3)36-27(33)30(18-26(32)22-9-6-10-23(29)17-22)14-13-20-7-4-11-24(15-20)37(34,35)25-12-5-8-21(16-25)19-31/h4-12,15-17,19,26,32H,13-14,18H2,1-3H3/t26-/m1/s1. The number of carbonyl (C=O) groups is 2. The van der Waals surface area contributed by atoms with Crippen LogP contribution in [0.2, 0.25) is 5.02 Å². The predicted molar refractivity (Wildman–Crippen MR) is 142 cm³/mol. The number of aliphatic hydroxyl groups is 1. The van der Waals surface area contributed by atoms with Crippen LogP contribution in [0.3, 0.4) is 0 Å². The molecule has 0 saturated carbocycles. The Balaban J connectivity index is 1.81. The molecule has 3 rings (SSSR count). The summed E-state index contributed by atoms with van der Waals surface area (Å²) in [5, 5.41) is 11.2. The molecule has 0 spiro atoms. The zero-order chi connectivity index (χ0) is 27.2. The normalized spacial score (nSPS) is 12.6. The number of hydrogen-bond donors (Lipinski definition) is 1. The van der Waals surface area contributed by atoms with Crippen LogP contribution in [0.5, 0.6) is 0 Å². The van der Waals surface area contributed by atoms with Gasteiger partial charge in [-0.05, 0) is 74.7 Å². The average Bonchev–Trinajstić information content (AvgIpc) is 2.85. The second kappa shape index (κ2) is 11.9. The Morgan fingerprint density at radius 1 is 1.03 bits per heavy atom. The van der Waals surface area contributed by atoms with Crippen molar-refractivity contribution in [1.82, 2.24) is 4.90 Å². The van der Waals surface area contributed by atoms with E-state index in [9.17, 15) is 23.1 Å². The van der Waals surface area contributed by atoms with Crippen molar-refractivity contribution < 1.29 is 27.9 Å². The van der Waals surface area contributed by atoms with Crippen molar-refractivity contribution in [3.8, 4) is 0 Å². The Morgan fingerprint density at radius 2 is 1.68 bits per heavy atom. The maximum absolute atomic E-state index is 13.1. The Kier molecular flexibility index (Phi) is 9.12. The number of ether oxygens (including phenoxy) is 1. The number of carbonyl (C=O) groups excluding carboxylic acids is 2. The van der Waals surface area contributed by atoms with E-state index in [0.717, 1.165) is 0 Å². The summed E-state index contributed by atoms with van der Waals surface area (Å²) in [6.07, 6.45) is -0.677. The number of halogens is 1. The summed E-state index contributed by atoms with van der Waals surface area (Å²) in [5.74, 6) is 0. The molecule has 196 valence electrons. The van der Waals surface area contributed by atoms with Gasteiger partial charge in [0.05, 0.1) is 22.4 Å². The quantitative estimate of drug-likeness (QED) is 0.358. The minimum atomic E-state index is -3.85. The van der Waals surface area contributed by atoms with Crippen LogP contribution >= 0.6 is 11.6 Å². The molecule has 3 aromatic carbocycles. The van der Waals surface area contributed by atoms with Gasteiger partial charge in [0.25, 0.3) is 0 Å². The zero-order valence-electron chi connectivity index (χ0n) is 20.9. The van der Waals surface area contributed by atoms with Crippen molar-refractivity contribution in [3.63, 3.8) is 0 Å². The van der Waals surface area contributed by atoms with Gasteiger partial charge in [-0.15, -0.1) is 0 Å². The highest BCUT2D eigenvalue weighted by molar-refractivity contribution is 7.91. The number of hydrogen-bond acceptors (Lipinski definition) is 6. The predicted octanol–water partition coefficient (Wildman–Crippen LogP) is 5.50. The number of rotatable bonds is 9. The third-order valence-corrected chi connectivity index (χ3v) is 7.45. The van der Waals surface area contributed by atoms with Crippen LogP contribution in [0.15, 0.2) is 82.6 Å². The molecule has 1 amide bonds. The van der Waals surface area contributed by atoms with Gasteiger partial charge in [0, 0.05) is 17.1 Å². The largest absolute Gasteiger partial charge is 0.444 e. The van der Waals surface area contributed by atoms with E-state index in [2.05, 4.69) is 0 Å². The summed E-state index contributed by atoms with van der Waals surface area (Å²) in [6, 6.07) is 19.0. The second-order valence-electron chi connectivity index (χ2n) is 9.59. The van der Waals surface area contributed by atoms with Crippen LogP contribution in [0.25, 0.3) is 0 Å². The van der Waals surface area contributed by atoms with Gasteiger partial charge >= 0.3 is 6.09 Å². The molecule has 0 aliphatic heterocycles. The molecule has 0 unspecified atom stereocenters. The van der Waals surface area contributed by atoms with Crippen LogP contribution < -0.4 is 0 Å². The molecule has 0 aromatic heterocycles. The number of aldehydes is 1. The van der Waals surface area contributed by atoms with E-state index in [-0.39, 0.29) is 28.4 Å². The molecule has 0 saturated heterocycles. The van der Waals surface area contributed by atoms with Gasteiger partial charge in [-0.3, -0.25) is 4.79 Å². The zero-order valence-corrected chi connectivity index (χ0v) is 22.5. The number of benzene rings is 3. The average molecular weight is 544 g/mol. The van der Waals surface area contributed by atoms with Gasteiger partial charge in [-0.1, -0.05) is 48.0 Å². The van der Waals surface area contributed by atoms with E-state index >= 15 is 0 Å². The highest BCUT2D eigenvalue weighted by Gasteiger charge is 2.25. The van der Waals surface area contributed by atoms with Crippen molar-refractivity contribution in [3.05, 3.63) is 94.5 Å². The molecule has 9 heteroatoms. The first kappa shape index (κ1) is 28.4. The van der Waals surface area contributed by atoms with Crippen LogP contribution in [0, 0.1) is 0 Å². The summed E-state index contributed by atoms with van der Waals surface area (Å²) in [5.41, 5.74) is 0.772. The number of nitrogens with zero attached hydrogens (tertiary/aromatic N) is 1. The third-order valence-electron chi connectivity index (χ3n) is 5.46.